The van der Waals surface area contributed by atoms with E-state index in [-0.39, 0.29) is 16.8 Å². The Balaban J connectivity index is 1.91. The number of carbonyl (C=O) groups excluding carboxylic acids is 1. The summed E-state index contributed by atoms with van der Waals surface area (Å²) in [6, 6.07) is 6.18. The molecule has 0 atom stereocenters. The third-order valence-electron chi connectivity index (χ3n) is 3.07. The fourth-order valence-corrected chi connectivity index (χ4v) is 3.07. The van der Waals surface area contributed by atoms with Crippen molar-refractivity contribution in [2.24, 2.45) is 0 Å². The Morgan fingerprint density at radius 2 is 1.90 bits per heavy atom. The summed E-state index contributed by atoms with van der Waals surface area (Å²) < 4.78 is 26.9. The molecule has 0 fully saturated rings. The van der Waals surface area contributed by atoms with Gasteiger partial charge in [-0.1, -0.05) is 0 Å². The Bertz CT molecular complexity index is 790. The smallest absolute Gasteiger partial charge is 0.264 e. The van der Waals surface area contributed by atoms with Gasteiger partial charge in [-0.3, -0.25) is 4.79 Å². The molecule has 0 saturated carbocycles. The van der Waals surface area contributed by atoms with Crippen molar-refractivity contribution in [2.75, 3.05) is 10.0 Å². The molecule has 1 aromatic carbocycles. The zero-order valence-corrected chi connectivity index (χ0v) is 11.7. The van der Waals surface area contributed by atoms with Crippen molar-refractivity contribution in [3.05, 3.63) is 42.2 Å². The average Bonchev–Trinajstić information content (AvgIpc) is 2.47. The van der Waals surface area contributed by atoms with Crippen LogP contribution in [0.4, 0.5) is 11.6 Å². The third kappa shape index (κ3) is 2.84. The highest BCUT2D eigenvalue weighted by atomic mass is 32.2. The van der Waals surface area contributed by atoms with Gasteiger partial charge >= 0.3 is 0 Å². The molecule has 0 spiro atoms. The molecule has 21 heavy (non-hydrogen) atoms. The number of hydrogen-bond acceptors (Lipinski definition) is 5. The maximum atomic E-state index is 12.3. The lowest BCUT2D eigenvalue weighted by atomic mass is 10.0. The van der Waals surface area contributed by atoms with Crippen LogP contribution in [0.15, 0.2) is 41.6 Å². The quantitative estimate of drug-likeness (QED) is 0.886. The first-order valence-corrected chi connectivity index (χ1v) is 7.75. The molecule has 1 aromatic heterocycles. The van der Waals surface area contributed by atoms with Gasteiger partial charge < -0.3 is 5.32 Å². The molecule has 108 valence electrons. The van der Waals surface area contributed by atoms with Gasteiger partial charge in [-0.05, 0) is 36.2 Å². The van der Waals surface area contributed by atoms with Crippen molar-refractivity contribution in [1.29, 1.82) is 0 Å². The number of hydrogen-bond donors (Lipinski definition) is 2. The fourth-order valence-electron chi connectivity index (χ4n) is 2.06. The normalized spacial score (nSPS) is 14.2. The predicted octanol–water partition coefficient (Wildman–Crippen LogP) is 1.16. The minimum absolute atomic E-state index is 0.0172. The van der Waals surface area contributed by atoms with E-state index in [0.29, 0.717) is 18.5 Å². The van der Waals surface area contributed by atoms with Gasteiger partial charge in [0.15, 0.2) is 0 Å². The SMILES string of the molecule is O=C1CCc2cc(S(=O)(=O)Nc3ncccn3)ccc2N1. The van der Waals surface area contributed by atoms with Crippen LogP contribution in [0.5, 0.6) is 0 Å². The van der Waals surface area contributed by atoms with E-state index in [4.69, 9.17) is 0 Å². The van der Waals surface area contributed by atoms with Gasteiger partial charge in [-0.15, -0.1) is 0 Å². The summed E-state index contributed by atoms with van der Waals surface area (Å²) in [6.07, 6.45) is 3.78. The highest BCUT2D eigenvalue weighted by molar-refractivity contribution is 7.92. The maximum Gasteiger partial charge on any atom is 0.264 e. The molecule has 2 aromatic rings. The van der Waals surface area contributed by atoms with Gasteiger partial charge in [0.2, 0.25) is 11.9 Å². The Labute approximate surface area is 121 Å². The van der Waals surface area contributed by atoms with Gasteiger partial charge in [0.05, 0.1) is 4.90 Å². The van der Waals surface area contributed by atoms with Gasteiger partial charge in [-0.2, -0.15) is 0 Å². The first-order chi connectivity index (χ1) is 10.0. The summed E-state index contributed by atoms with van der Waals surface area (Å²) in [5, 5.41) is 2.71. The number of fused-ring (bicyclic) bond motifs is 1. The zero-order chi connectivity index (χ0) is 14.9. The average molecular weight is 304 g/mol. The van der Waals surface area contributed by atoms with Crippen LogP contribution in [0.1, 0.15) is 12.0 Å². The van der Waals surface area contributed by atoms with Crippen molar-refractivity contribution in [3.8, 4) is 0 Å². The molecular weight excluding hydrogens is 292 g/mol. The molecule has 7 nitrogen and oxygen atoms in total. The van der Waals surface area contributed by atoms with Crippen molar-refractivity contribution in [2.45, 2.75) is 17.7 Å². The fraction of sp³-hybridized carbons (Fsp3) is 0.154. The van der Waals surface area contributed by atoms with Crippen LogP contribution >= 0.6 is 0 Å². The molecule has 0 radical (unpaired) electrons. The Hall–Kier alpha value is -2.48. The van der Waals surface area contributed by atoms with Crippen LogP contribution in [-0.2, 0) is 21.2 Å². The first-order valence-electron chi connectivity index (χ1n) is 6.27. The van der Waals surface area contributed by atoms with Crippen LogP contribution in [0, 0.1) is 0 Å². The second-order valence-electron chi connectivity index (χ2n) is 4.55. The van der Waals surface area contributed by atoms with Crippen LogP contribution in [-0.4, -0.2) is 24.3 Å². The van der Waals surface area contributed by atoms with E-state index in [1.54, 1.807) is 18.2 Å². The number of aryl methyl sites for hydroxylation is 1. The molecule has 0 aliphatic carbocycles. The highest BCUT2D eigenvalue weighted by Crippen LogP contribution is 2.26. The van der Waals surface area contributed by atoms with Gasteiger partial charge in [-0.25, -0.2) is 23.1 Å². The summed E-state index contributed by atoms with van der Waals surface area (Å²) in [6.45, 7) is 0. The van der Waals surface area contributed by atoms with Gasteiger partial charge in [0, 0.05) is 24.5 Å². The van der Waals surface area contributed by atoms with Crippen molar-refractivity contribution < 1.29 is 13.2 Å². The number of benzene rings is 1. The van der Waals surface area contributed by atoms with Crippen LogP contribution in [0.3, 0.4) is 0 Å². The zero-order valence-electron chi connectivity index (χ0n) is 10.9. The number of sulfonamides is 1. The number of anilines is 2. The van der Waals surface area contributed by atoms with E-state index >= 15 is 0 Å². The molecule has 0 bridgehead atoms. The van der Waals surface area contributed by atoms with Crippen LogP contribution in [0.25, 0.3) is 0 Å². The lowest BCUT2D eigenvalue weighted by molar-refractivity contribution is -0.116. The molecule has 3 rings (SSSR count). The lowest BCUT2D eigenvalue weighted by Gasteiger charge is -2.17. The summed E-state index contributed by atoms with van der Waals surface area (Å²) in [5.74, 6) is -0.0440. The highest BCUT2D eigenvalue weighted by Gasteiger charge is 2.20. The second kappa shape index (κ2) is 5.13. The molecule has 1 amide bonds. The van der Waals surface area contributed by atoms with E-state index in [9.17, 15) is 13.2 Å². The van der Waals surface area contributed by atoms with E-state index < -0.39 is 10.0 Å². The Morgan fingerprint density at radius 3 is 2.67 bits per heavy atom. The van der Waals surface area contributed by atoms with Crippen LogP contribution in [0.2, 0.25) is 0 Å². The van der Waals surface area contributed by atoms with E-state index in [0.717, 1.165) is 5.56 Å². The van der Waals surface area contributed by atoms with Crippen molar-refractivity contribution in [3.63, 3.8) is 0 Å². The summed E-state index contributed by atoms with van der Waals surface area (Å²) in [7, 11) is -3.75. The topological polar surface area (TPSA) is 101 Å². The molecule has 1 aliphatic rings. The first kappa shape index (κ1) is 13.5. The number of rotatable bonds is 3. The molecule has 2 N–H and O–H groups in total. The van der Waals surface area contributed by atoms with E-state index in [2.05, 4.69) is 20.0 Å². The predicted molar refractivity (Wildman–Crippen MR) is 76.2 cm³/mol. The van der Waals surface area contributed by atoms with E-state index in [1.165, 1.54) is 18.5 Å². The van der Waals surface area contributed by atoms with Crippen molar-refractivity contribution in [1.82, 2.24) is 9.97 Å². The van der Waals surface area contributed by atoms with Crippen LogP contribution < -0.4 is 10.0 Å². The molecule has 0 unspecified atom stereocenters. The largest absolute Gasteiger partial charge is 0.326 e. The monoisotopic (exact) mass is 304 g/mol. The standard InChI is InChI=1S/C13H12N4O3S/c18-12-5-2-9-8-10(3-4-11(9)16-12)21(19,20)17-13-14-6-1-7-15-13/h1,3-4,6-8H,2,5H2,(H,16,18)(H,14,15,17). The molecule has 1 aliphatic heterocycles. The second-order valence-corrected chi connectivity index (χ2v) is 6.23. The number of carbonyl (C=O) groups is 1. The minimum Gasteiger partial charge on any atom is -0.326 e. The molecule has 8 heteroatoms. The number of aromatic nitrogens is 2. The minimum atomic E-state index is -3.75. The molecular formula is C13H12N4O3S. The van der Waals surface area contributed by atoms with Gasteiger partial charge in [0.1, 0.15) is 0 Å². The number of nitrogens with zero attached hydrogens (tertiary/aromatic N) is 2. The Kier molecular flexibility index (Phi) is 3.30. The van der Waals surface area contributed by atoms with Gasteiger partial charge in [0.25, 0.3) is 10.0 Å². The maximum absolute atomic E-state index is 12.3. The summed E-state index contributed by atoms with van der Waals surface area (Å²) in [5.41, 5.74) is 1.45. The molecule has 2 heterocycles. The summed E-state index contributed by atoms with van der Waals surface area (Å²) in [4.78, 5) is 19.1. The summed E-state index contributed by atoms with van der Waals surface area (Å²) >= 11 is 0. The number of nitrogens with one attached hydrogen (secondary N) is 2. The third-order valence-corrected chi connectivity index (χ3v) is 4.40. The van der Waals surface area contributed by atoms with Crippen molar-refractivity contribution >= 4 is 27.6 Å². The molecule has 0 saturated heterocycles. The Morgan fingerprint density at radius 1 is 1.14 bits per heavy atom. The number of amides is 1. The lowest BCUT2D eigenvalue weighted by Crippen LogP contribution is -2.20. The van der Waals surface area contributed by atoms with E-state index in [1.807, 2.05) is 0 Å².